The summed E-state index contributed by atoms with van der Waals surface area (Å²) < 4.78 is 60.7. The van der Waals surface area contributed by atoms with Crippen molar-refractivity contribution < 1.29 is 27.1 Å². The SMILES string of the molecule is C=Cc1nc(C2CC2)n2c1C(CCc1ccc(C(F)(F)F)c(F)c1)N(C(=O)OC(C)(C)C)CC2. The zero-order valence-corrected chi connectivity index (χ0v) is 19.6. The Morgan fingerprint density at radius 1 is 1.24 bits per heavy atom. The van der Waals surface area contributed by atoms with Gasteiger partial charge in [-0.1, -0.05) is 12.6 Å². The Labute approximate surface area is 196 Å². The van der Waals surface area contributed by atoms with Crippen molar-refractivity contribution in [2.24, 2.45) is 0 Å². The van der Waals surface area contributed by atoms with E-state index in [-0.39, 0.29) is 6.42 Å². The number of amides is 1. The zero-order chi connectivity index (χ0) is 24.8. The first-order chi connectivity index (χ1) is 15.9. The number of imidazole rings is 1. The molecule has 2 aromatic rings. The minimum absolute atomic E-state index is 0.277. The second-order valence-corrected chi connectivity index (χ2v) is 9.91. The molecule has 0 N–H and O–H groups in total. The Kier molecular flexibility index (Phi) is 6.25. The fourth-order valence-corrected chi connectivity index (χ4v) is 4.48. The number of hydrogen-bond acceptors (Lipinski definition) is 3. The van der Waals surface area contributed by atoms with Gasteiger partial charge >= 0.3 is 12.3 Å². The third-order valence-electron chi connectivity index (χ3n) is 6.13. The van der Waals surface area contributed by atoms with Crippen LogP contribution in [0.5, 0.6) is 0 Å². The number of rotatable bonds is 5. The number of alkyl halides is 3. The van der Waals surface area contributed by atoms with Gasteiger partial charge in [0.1, 0.15) is 17.2 Å². The molecule has 1 aromatic carbocycles. The van der Waals surface area contributed by atoms with Gasteiger partial charge in [0.15, 0.2) is 0 Å². The van der Waals surface area contributed by atoms with Crippen molar-refractivity contribution in [1.82, 2.24) is 14.5 Å². The topological polar surface area (TPSA) is 47.4 Å². The van der Waals surface area contributed by atoms with E-state index in [1.807, 2.05) is 0 Å². The number of hydrogen-bond donors (Lipinski definition) is 0. The molecule has 1 aliphatic heterocycles. The van der Waals surface area contributed by atoms with Crippen molar-refractivity contribution in [3.8, 4) is 0 Å². The molecule has 5 nitrogen and oxygen atoms in total. The fraction of sp³-hybridized carbons (Fsp3) is 0.520. The Hall–Kier alpha value is -2.84. The average Bonchev–Trinajstić information content (AvgIpc) is 3.50. The van der Waals surface area contributed by atoms with E-state index in [0.717, 1.165) is 36.5 Å². The number of fused-ring (bicyclic) bond motifs is 1. The third kappa shape index (κ3) is 4.98. The molecule has 184 valence electrons. The van der Waals surface area contributed by atoms with Gasteiger partial charge in [-0.15, -0.1) is 0 Å². The van der Waals surface area contributed by atoms with Crippen molar-refractivity contribution in [1.29, 1.82) is 0 Å². The molecule has 1 unspecified atom stereocenters. The lowest BCUT2D eigenvalue weighted by atomic mass is 9.97. The van der Waals surface area contributed by atoms with E-state index in [9.17, 15) is 22.4 Å². The monoisotopic (exact) mass is 479 g/mol. The summed E-state index contributed by atoms with van der Waals surface area (Å²) in [5.41, 5.74) is -0.00422. The van der Waals surface area contributed by atoms with Crippen LogP contribution in [0.25, 0.3) is 6.08 Å². The van der Waals surface area contributed by atoms with Gasteiger partial charge in [-0.05, 0) is 70.2 Å². The Bertz CT molecular complexity index is 1100. The summed E-state index contributed by atoms with van der Waals surface area (Å²) >= 11 is 0. The van der Waals surface area contributed by atoms with Crippen LogP contribution in [0.4, 0.5) is 22.4 Å². The van der Waals surface area contributed by atoms with E-state index in [0.29, 0.717) is 36.7 Å². The van der Waals surface area contributed by atoms with Gasteiger partial charge in [0.05, 0.1) is 23.0 Å². The van der Waals surface area contributed by atoms with Crippen molar-refractivity contribution in [3.05, 3.63) is 58.9 Å². The summed E-state index contributed by atoms with van der Waals surface area (Å²) in [4.78, 5) is 19.5. The molecule has 1 fully saturated rings. The highest BCUT2D eigenvalue weighted by molar-refractivity contribution is 5.69. The number of benzene rings is 1. The maximum atomic E-state index is 14.1. The van der Waals surface area contributed by atoms with Crippen molar-refractivity contribution in [3.63, 3.8) is 0 Å². The molecule has 4 rings (SSSR count). The van der Waals surface area contributed by atoms with Crippen LogP contribution in [0.1, 0.15) is 80.3 Å². The maximum absolute atomic E-state index is 14.1. The van der Waals surface area contributed by atoms with Crippen LogP contribution < -0.4 is 0 Å². The van der Waals surface area contributed by atoms with Gasteiger partial charge < -0.3 is 9.30 Å². The molecular weight excluding hydrogens is 450 g/mol. The summed E-state index contributed by atoms with van der Waals surface area (Å²) in [5.74, 6) is 0.0787. The molecule has 0 bridgehead atoms. The van der Waals surface area contributed by atoms with Gasteiger partial charge in [-0.2, -0.15) is 13.2 Å². The van der Waals surface area contributed by atoms with Crippen LogP contribution in [0.15, 0.2) is 24.8 Å². The summed E-state index contributed by atoms with van der Waals surface area (Å²) in [6.07, 6.45) is -0.756. The zero-order valence-electron chi connectivity index (χ0n) is 19.6. The molecule has 1 aromatic heterocycles. The predicted octanol–water partition coefficient (Wildman–Crippen LogP) is 6.49. The molecule has 1 amide bonds. The molecule has 1 atom stereocenters. The maximum Gasteiger partial charge on any atom is 0.419 e. The molecule has 34 heavy (non-hydrogen) atoms. The number of carbonyl (C=O) groups excluding carboxylic acids is 1. The summed E-state index contributed by atoms with van der Waals surface area (Å²) in [5, 5.41) is 0. The van der Waals surface area contributed by atoms with Gasteiger partial charge in [0.25, 0.3) is 0 Å². The van der Waals surface area contributed by atoms with Crippen molar-refractivity contribution in [2.45, 2.75) is 76.7 Å². The van der Waals surface area contributed by atoms with E-state index in [1.54, 1.807) is 31.7 Å². The van der Waals surface area contributed by atoms with Crippen LogP contribution in [0.2, 0.25) is 0 Å². The molecule has 0 spiro atoms. The van der Waals surface area contributed by atoms with E-state index in [2.05, 4.69) is 11.1 Å². The number of aromatic nitrogens is 2. The van der Waals surface area contributed by atoms with Crippen LogP contribution in [0, 0.1) is 5.82 Å². The second-order valence-electron chi connectivity index (χ2n) is 9.91. The molecule has 2 heterocycles. The lowest BCUT2D eigenvalue weighted by molar-refractivity contribution is -0.140. The third-order valence-corrected chi connectivity index (χ3v) is 6.13. The normalized spacial score (nSPS) is 18.6. The van der Waals surface area contributed by atoms with Crippen molar-refractivity contribution >= 4 is 12.2 Å². The van der Waals surface area contributed by atoms with Gasteiger partial charge in [0.2, 0.25) is 0 Å². The minimum Gasteiger partial charge on any atom is -0.444 e. The quantitative estimate of drug-likeness (QED) is 0.461. The second kappa shape index (κ2) is 8.74. The molecule has 0 saturated heterocycles. The number of halogens is 4. The van der Waals surface area contributed by atoms with E-state index < -0.39 is 35.3 Å². The lowest BCUT2D eigenvalue weighted by Crippen LogP contribution is -2.45. The fourth-order valence-electron chi connectivity index (χ4n) is 4.48. The Morgan fingerprint density at radius 2 is 1.94 bits per heavy atom. The summed E-state index contributed by atoms with van der Waals surface area (Å²) in [6.45, 7) is 10.3. The average molecular weight is 480 g/mol. The molecule has 1 saturated carbocycles. The van der Waals surface area contributed by atoms with Crippen molar-refractivity contribution in [2.75, 3.05) is 6.54 Å². The van der Waals surface area contributed by atoms with Crippen LogP contribution in [-0.2, 0) is 23.9 Å². The first-order valence-corrected chi connectivity index (χ1v) is 11.5. The minimum atomic E-state index is -4.75. The first-order valence-electron chi connectivity index (χ1n) is 11.5. The molecule has 2 aliphatic rings. The standard InChI is InChI=1S/C25H29F4N3O2/c1-5-19-21-20(11-7-15-6-10-17(18(26)14-15)25(27,28)29)31(23(33)34-24(2,3)4)12-13-32(21)22(30-19)16-8-9-16/h5-6,10,14,16,20H,1,7-9,11-13H2,2-4H3. The number of ether oxygens (including phenoxy) is 1. The highest BCUT2D eigenvalue weighted by Gasteiger charge is 2.40. The highest BCUT2D eigenvalue weighted by atomic mass is 19.4. The summed E-state index contributed by atoms with van der Waals surface area (Å²) in [6, 6.07) is 2.54. The largest absolute Gasteiger partial charge is 0.444 e. The lowest BCUT2D eigenvalue weighted by Gasteiger charge is -2.38. The Balaban J connectivity index is 1.65. The first kappa shape index (κ1) is 24.3. The van der Waals surface area contributed by atoms with Crippen LogP contribution in [0.3, 0.4) is 0 Å². The van der Waals surface area contributed by atoms with Crippen LogP contribution >= 0.6 is 0 Å². The van der Waals surface area contributed by atoms with Gasteiger partial charge in [0, 0.05) is 19.0 Å². The Morgan fingerprint density at radius 3 is 2.50 bits per heavy atom. The van der Waals surface area contributed by atoms with Crippen LogP contribution in [-0.4, -0.2) is 32.7 Å². The predicted molar refractivity (Wildman–Crippen MR) is 120 cm³/mol. The van der Waals surface area contributed by atoms with E-state index >= 15 is 0 Å². The molecule has 9 heteroatoms. The number of nitrogens with zero attached hydrogens (tertiary/aromatic N) is 3. The molecule has 1 aliphatic carbocycles. The smallest absolute Gasteiger partial charge is 0.419 e. The van der Waals surface area contributed by atoms with Gasteiger partial charge in [-0.3, -0.25) is 4.90 Å². The summed E-state index contributed by atoms with van der Waals surface area (Å²) in [7, 11) is 0. The van der Waals surface area contributed by atoms with Gasteiger partial charge in [-0.25, -0.2) is 14.2 Å². The molecule has 0 radical (unpaired) electrons. The van der Waals surface area contributed by atoms with E-state index in [1.165, 1.54) is 6.07 Å². The number of aryl methyl sites for hydroxylation is 1. The molecular formula is C25H29F4N3O2. The highest BCUT2D eigenvalue weighted by Crippen LogP contribution is 2.44. The van der Waals surface area contributed by atoms with E-state index in [4.69, 9.17) is 9.72 Å². The number of carbonyl (C=O) groups is 1.